The predicted octanol–water partition coefficient (Wildman–Crippen LogP) is 5.29. The molecule has 1 aliphatic heterocycles. The minimum absolute atomic E-state index is 0.236. The number of benzene rings is 2. The van der Waals surface area contributed by atoms with E-state index in [1.165, 1.54) is 12.1 Å². The molecule has 0 aliphatic carbocycles. The molecule has 0 atom stereocenters. The highest BCUT2D eigenvalue weighted by Gasteiger charge is 2.19. The van der Waals surface area contributed by atoms with Gasteiger partial charge < -0.3 is 9.14 Å². The highest BCUT2D eigenvalue weighted by Crippen LogP contribution is 2.29. The summed E-state index contributed by atoms with van der Waals surface area (Å²) in [5.41, 5.74) is 5.99. The van der Waals surface area contributed by atoms with Gasteiger partial charge in [0, 0.05) is 36.4 Å². The van der Waals surface area contributed by atoms with Gasteiger partial charge in [-0.15, -0.1) is 0 Å². The first-order chi connectivity index (χ1) is 14.7. The fourth-order valence-electron chi connectivity index (χ4n) is 3.87. The minimum atomic E-state index is -0.236. The number of rotatable bonds is 4. The Bertz CT molecular complexity index is 1170. The number of hydrogen-bond acceptors (Lipinski definition) is 3. The van der Waals surface area contributed by atoms with Gasteiger partial charge in [-0.1, -0.05) is 35.9 Å². The summed E-state index contributed by atoms with van der Waals surface area (Å²) in [6, 6.07) is 18.4. The Morgan fingerprint density at radius 1 is 0.867 bits per heavy atom. The lowest BCUT2D eigenvalue weighted by Crippen LogP contribution is -2.36. The summed E-state index contributed by atoms with van der Waals surface area (Å²) in [6.45, 7) is 4.05. The van der Waals surface area contributed by atoms with Crippen LogP contribution < -0.4 is 0 Å². The summed E-state index contributed by atoms with van der Waals surface area (Å²) < 4.78 is 21.0. The van der Waals surface area contributed by atoms with Gasteiger partial charge in [0.25, 0.3) is 0 Å². The molecule has 0 bridgehead atoms. The number of nitrogens with zero attached hydrogens (tertiary/aromatic N) is 3. The SMILES string of the molecule is Fc1ccc(-c2ccc3nc(-c4ccc(Cl)cc4)c(CN4CCOCC4)n3c2)cc1. The third-order valence-electron chi connectivity index (χ3n) is 5.49. The topological polar surface area (TPSA) is 29.8 Å². The van der Waals surface area contributed by atoms with Crippen molar-refractivity contribution in [2.45, 2.75) is 6.54 Å². The van der Waals surface area contributed by atoms with Crippen LogP contribution in [0.3, 0.4) is 0 Å². The molecule has 4 nitrogen and oxygen atoms in total. The number of fused-ring (bicyclic) bond motifs is 1. The van der Waals surface area contributed by atoms with Crippen molar-refractivity contribution in [3.63, 3.8) is 0 Å². The molecule has 0 amide bonds. The molecule has 152 valence electrons. The van der Waals surface area contributed by atoms with Crippen LogP contribution in [0.25, 0.3) is 28.0 Å². The summed E-state index contributed by atoms with van der Waals surface area (Å²) in [7, 11) is 0. The fraction of sp³-hybridized carbons (Fsp3) is 0.208. The zero-order valence-corrected chi connectivity index (χ0v) is 17.1. The molecular formula is C24H21ClFN3O. The highest BCUT2D eigenvalue weighted by atomic mass is 35.5. The largest absolute Gasteiger partial charge is 0.379 e. The minimum Gasteiger partial charge on any atom is -0.379 e. The molecular weight excluding hydrogens is 401 g/mol. The van der Waals surface area contributed by atoms with E-state index in [-0.39, 0.29) is 5.82 Å². The Labute approximate surface area is 179 Å². The van der Waals surface area contributed by atoms with Gasteiger partial charge in [-0.05, 0) is 47.5 Å². The average molecular weight is 422 g/mol. The number of imidazole rings is 1. The number of aromatic nitrogens is 2. The standard InChI is InChI=1S/C24H21ClFN3O/c25-20-6-1-18(2-7-20)24-22(16-28-11-13-30-14-12-28)29-15-19(5-10-23(29)27-24)17-3-8-21(26)9-4-17/h1-10,15H,11-14,16H2. The molecule has 0 N–H and O–H groups in total. The first kappa shape index (κ1) is 19.2. The molecule has 2 aromatic carbocycles. The molecule has 2 aromatic heterocycles. The zero-order valence-electron chi connectivity index (χ0n) is 16.4. The fourth-order valence-corrected chi connectivity index (χ4v) is 3.99. The van der Waals surface area contributed by atoms with Gasteiger partial charge in [-0.25, -0.2) is 9.37 Å². The van der Waals surface area contributed by atoms with Gasteiger partial charge in [0.15, 0.2) is 0 Å². The zero-order chi connectivity index (χ0) is 20.5. The lowest BCUT2D eigenvalue weighted by Gasteiger charge is -2.26. The molecule has 3 heterocycles. The Morgan fingerprint density at radius 3 is 2.27 bits per heavy atom. The number of morpholine rings is 1. The van der Waals surface area contributed by atoms with Gasteiger partial charge in [-0.2, -0.15) is 0 Å². The smallest absolute Gasteiger partial charge is 0.137 e. The normalized spacial score (nSPS) is 15.0. The van der Waals surface area contributed by atoms with E-state index in [0.29, 0.717) is 5.02 Å². The third kappa shape index (κ3) is 3.84. The van der Waals surface area contributed by atoms with E-state index in [1.807, 2.05) is 36.4 Å². The molecule has 5 rings (SSSR count). The molecule has 6 heteroatoms. The van der Waals surface area contributed by atoms with Crippen molar-refractivity contribution in [2.24, 2.45) is 0 Å². The van der Waals surface area contributed by atoms with Crippen LogP contribution in [0.15, 0.2) is 66.9 Å². The van der Waals surface area contributed by atoms with Gasteiger partial charge in [-0.3, -0.25) is 4.90 Å². The second-order valence-corrected chi connectivity index (χ2v) is 7.89. The van der Waals surface area contributed by atoms with Crippen LogP contribution in [0.2, 0.25) is 5.02 Å². The summed E-state index contributed by atoms with van der Waals surface area (Å²) >= 11 is 6.10. The molecule has 1 saturated heterocycles. The van der Waals surface area contributed by atoms with E-state index in [0.717, 1.165) is 66.6 Å². The molecule has 4 aromatic rings. The number of ether oxygens (including phenoxy) is 1. The molecule has 1 aliphatic rings. The number of pyridine rings is 1. The van der Waals surface area contributed by atoms with Crippen molar-refractivity contribution in [1.29, 1.82) is 0 Å². The Morgan fingerprint density at radius 2 is 1.53 bits per heavy atom. The number of halogens is 2. The summed E-state index contributed by atoms with van der Waals surface area (Å²) in [5.74, 6) is -0.236. The second-order valence-electron chi connectivity index (χ2n) is 7.46. The molecule has 0 spiro atoms. The van der Waals surface area contributed by atoms with Gasteiger partial charge >= 0.3 is 0 Å². The quantitative estimate of drug-likeness (QED) is 0.448. The van der Waals surface area contributed by atoms with E-state index < -0.39 is 0 Å². The lowest BCUT2D eigenvalue weighted by molar-refractivity contribution is 0.0336. The van der Waals surface area contributed by atoms with Gasteiger partial charge in [0.05, 0.1) is 24.6 Å². The summed E-state index contributed by atoms with van der Waals surface area (Å²) in [6.07, 6.45) is 2.09. The maximum atomic E-state index is 13.4. The van der Waals surface area contributed by atoms with Crippen LogP contribution in [-0.4, -0.2) is 40.6 Å². The molecule has 0 unspecified atom stereocenters. The van der Waals surface area contributed by atoms with E-state index in [4.69, 9.17) is 21.3 Å². The van der Waals surface area contributed by atoms with Crippen LogP contribution in [-0.2, 0) is 11.3 Å². The first-order valence-electron chi connectivity index (χ1n) is 10.0. The maximum Gasteiger partial charge on any atom is 0.137 e. The van der Waals surface area contributed by atoms with Crippen LogP contribution in [0.1, 0.15) is 5.69 Å². The van der Waals surface area contributed by atoms with Crippen molar-refractivity contribution >= 4 is 17.2 Å². The van der Waals surface area contributed by atoms with Crippen molar-refractivity contribution in [2.75, 3.05) is 26.3 Å². The number of hydrogen-bond donors (Lipinski definition) is 0. The van der Waals surface area contributed by atoms with Gasteiger partial charge in [0.2, 0.25) is 0 Å². The van der Waals surface area contributed by atoms with E-state index >= 15 is 0 Å². The Kier molecular flexibility index (Phi) is 5.25. The monoisotopic (exact) mass is 421 g/mol. The average Bonchev–Trinajstić information content (AvgIpc) is 3.13. The van der Waals surface area contributed by atoms with Crippen molar-refractivity contribution in [3.8, 4) is 22.4 Å². The van der Waals surface area contributed by atoms with E-state index in [1.54, 1.807) is 12.1 Å². The first-order valence-corrected chi connectivity index (χ1v) is 10.4. The van der Waals surface area contributed by atoms with Crippen molar-refractivity contribution < 1.29 is 9.13 Å². The third-order valence-corrected chi connectivity index (χ3v) is 5.74. The van der Waals surface area contributed by atoms with Crippen LogP contribution in [0.4, 0.5) is 4.39 Å². The van der Waals surface area contributed by atoms with Crippen LogP contribution in [0, 0.1) is 5.82 Å². The van der Waals surface area contributed by atoms with E-state index in [2.05, 4.69) is 15.5 Å². The Hall–Kier alpha value is -2.73. The van der Waals surface area contributed by atoms with Crippen molar-refractivity contribution in [3.05, 3.63) is 83.4 Å². The summed E-state index contributed by atoms with van der Waals surface area (Å²) in [4.78, 5) is 7.31. The predicted molar refractivity (Wildman–Crippen MR) is 117 cm³/mol. The van der Waals surface area contributed by atoms with E-state index in [9.17, 15) is 4.39 Å². The van der Waals surface area contributed by atoms with Crippen LogP contribution in [0.5, 0.6) is 0 Å². The molecule has 1 fully saturated rings. The second kappa shape index (κ2) is 8.19. The van der Waals surface area contributed by atoms with Gasteiger partial charge in [0.1, 0.15) is 11.5 Å². The van der Waals surface area contributed by atoms with Crippen molar-refractivity contribution in [1.82, 2.24) is 14.3 Å². The Balaban J connectivity index is 1.63. The molecule has 30 heavy (non-hydrogen) atoms. The maximum absolute atomic E-state index is 13.4. The summed E-state index contributed by atoms with van der Waals surface area (Å²) in [5, 5.41) is 0.704. The molecule has 0 saturated carbocycles. The van der Waals surface area contributed by atoms with Crippen LogP contribution >= 0.6 is 11.6 Å². The molecule has 0 radical (unpaired) electrons. The highest BCUT2D eigenvalue weighted by molar-refractivity contribution is 6.30. The lowest BCUT2D eigenvalue weighted by atomic mass is 10.1.